The van der Waals surface area contributed by atoms with E-state index in [0.29, 0.717) is 6.04 Å². The quantitative estimate of drug-likeness (QED) is 0.922. The van der Waals surface area contributed by atoms with E-state index in [1.165, 1.54) is 11.1 Å². The molecule has 0 atom stereocenters. The molecule has 0 amide bonds. The van der Waals surface area contributed by atoms with Gasteiger partial charge in [-0.3, -0.25) is 0 Å². The third kappa shape index (κ3) is 2.75. The van der Waals surface area contributed by atoms with E-state index >= 15 is 0 Å². The molecule has 0 saturated carbocycles. The first-order valence-electron chi connectivity index (χ1n) is 6.78. The highest BCUT2D eigenvalue weighted by Crippen LogP contribution is 2.25. The Bertz CT molecular complexity index is 603. The summed E-state index contributed by atoms with van der Waals surface area (Å²) in [6.07, 6.45) is 2.14. The van der Waals surface area contributed by atoms with Crippen LogP contribution in [0, 0.1) is 11.3 Å². The summed E-state index contributed by atoms with van der Waals surface area (Å²) in [6.45, 7) is 0.0880. The third-order valence-corrected chi connectivity index (χ3v) is 3.58. The summed E-state index contributed by atoms with van der Waals surface area (Å²) in [5.74, 6) is 0.729. The molecule has 0 bridgehead atoms. The zero-order valence-corrected chi connectivity index (χ0v) is 11.2. The lowest BCUT2D eigenvalue weighted by Crippen LogP contribution is -2.19. The second kappa shape index (κ2) is 5.66. The van der Waals surface area contributed by atoms with Gasteiger partial charge in [-0.2, -0.15) is 5.26 Å². The SMILES string of the molecule is N#CCOc1ccc(NC2Cc3ccccc3C2)cc1. The number of rotatable bonds is 4. The topological polar surface area (TPSA) is 45.0 Å². The molecule has 0 unspecified atom stereocenters. The van der Waals surface area contributed by atoms with E-state index in [2.05, 4.69) is 29.6 Å². The van der Waals surface area contributed by atoms with Crippen molar-refractivity contribution in [2.24, 2.45) is 0 Å². The van der Waals surface area contributed by atoms with E-state index in [0.717, 1.165) is 24.3 Å². The summed E-state index contributed by atoms with van der Waals surface area (Å²) in [4.78, 5) is 0. The molecular weight excluding hydrogens is 248 g/mol. The van der Waals surface area contributed by atoms with Gasteiger partial charge in [-0.25, -0.2) is 0 Å². The minimum absolute atomic E-state index is 0.0880. The number of hydrogen-bond acceptors (Lipinski definition) is 3. The first kappa shape index (κ1) is 12.6. The number of nitrogens with zero attached hydrogens (tertiary/aromatic N) is 1. The van der Waals surface area contributed by atoms with E-state index in [-0.39, 0.29) is 6.61 Å². The van der Waals surface area contributed by atoms with Crippen LogP contribution < -0.4 is 10.1 Å². The standard InChI is InChI=1S/C17H16N2O/c18-9-10-20-17-7-5-15(6-8-17)19-16-11-13-3-1-2-4-14(13)12-16/h1-8,16,19H,10-12H2. The molecule has 1 aliphatic rings. The van der Waals surface area contributed by atoms with Crippen LogP contribution in [-0.2, 0) is 12.8 Å². The highest BCUT2D eigenvalue weighted by atomic mass is 16.5. The molecule has 0 spiro atoms. The Labute approximate surface area is 118 Å². The number of nitrogens with one attached hydrogen (secondary N) is 1. The predicted molar refractivity (Wildman–Crippen MR) is 78.8 cm³/mol. The van der Waals surface area contributed by atoms with Gasteiger partial charge in [0.15, 0.2) is 6.61 Å². The Morgan fingerprint density at radius 3 is 2.30 bits per heavy atom. The Balaban J connectivity index is 1.61. The van der Waals surface area contributed by atoms with Gasteiger partial charge in [-0.15, -0.1) is 0 Å². The fourth-order valence-corrected chi connectivity index (χ4v) is 2.66. The van der Waals surface area contributed by atoms with Crippen LogP contribution in [-0.4, -0.2) is 12.6 Å². The van der Waals surface area contributed by atoms with Crippen molar-refractivity contribution in [3.8, 4) is 11.8 Å². The molecule has 0 heterocycles. The smallest absolute Gasteiger partial charge is 0.174 e. The van der Waals surface area contributed by atoms with Crippen molar-refractivity contribution in [3.05, 3.63) is 59.7 Å². The lowest BCUT2D eigenvalue weighted by molar-refractivity contribution is 0.368. The van der Waals surface area contributed by atoms with E-state index in [1.807, 2.05) is 30.3 Å². The average Bonchev–Trinajstić information content (AvgIpc) is 2.89. The van der Waals surface area contributed by atoms with Crippen molar-refractivity contribution in [1.82, 2.24) is 0 Å². The molecule has 0 radical (unpaired) electrons. The van der Waals surface area contributed by atoms with Crippen LogP contribution in [0.1, 0.15) is 11.1 Å². The van der Waals surface area contributed by atoms with Crippen LogP contribution in [0.4, 0.5) is 5.69 Å². The van der Waals surface area contributed by atoms with Gasteiger partial charge in [-0.05, 0) is 48.2 Å². The number of ether oxygens (including phenoxy) is 1. The molecule has 20 heavy (non-hydrogen) atoms. The normalized spacial score (nSPS) is 13.6. The summed E-state index contributed by atoms with van der Waals surface area (Å²) in [5, 5.41) is 12.0. The zero-order valence-electron chi connectivity index (χ0n) is 11.2. The molecule has 1 aliphatic carbocycles. The number of fused-ring (bicyclic) bond motifs is 1. The van der Waals surface area contributed by atoms with E-state index in [1.54, 1.807) is 0 Å². The van der Waals surface area contributed by atoms with Crippen molar-refractivity contribution < 1.29 is 4.74 Å². The third-order valence-electron chi connectivity index (χ3n) is 3.58. The van der Waals surface area contributed by atoms with Gasteiger partial charge >= 0.3 is 0 Å². The van der Waals surface area contributed by atoms with Crippen LogP contribution in [0.5, 0.6) is 5.75 Å². The summed E-state index contributed by atoms with van der Waals surface area (Å²) in [5.41, 5.74) is 3.98. The Kier molecular flexibility index (Phi) is 3.56. The van der Waals surface area contributed by atoms with Crippen molar-refractivity contribution in [2.75, 3.05) is 11.9 Å². The lowest BCUT2D eigenvalue weighted by atomic mass is 10.1. The molecule has 0 aromatic heterocycles. The maximum absolute atomic E-state index is 8.47. The predicted octanol–water partition coefficient (Wildman–Crippen LogP) is 3.17. The van der Waals surface area contributed by atoms with E-state index in [9.17, 15) is 0 Å². The largest absolute Gasteiger partial charge is 0.479 e. The number of nitriles is 1. The van der Waals surface area contributed by atoms with Crippen LogP contribution in [0.25, 0.3) is 0 Å². The number of benzene rings is 2. The van der Waals surface area contributed by atoms with Gasteiger partial charge in [0.1, 0.15) is 11.8 Å². The van der Waals surface area contributed by atoms with Gasteiger partial charge in [0.2, 0.25) is 0 Å². The minimum Gasteiger partial charge on any atom is -0.479 e. The van der Waals surface area contributed by atoms with E-state index < -0.39 is 0 Å². The molecule has 2 aromatic carbocycles. The van der Waals surface area contributed by atoms with Crippen LogP contribution >= 0.6 is 0 Å². The van der Waals surface area contributed by atoms with Crippen molar-refractivity contribution in [1.29, 1.82) is 5.26 Å². The van der Waals surface area contributed by atoms with Crippen LogP contribution in [0.2, 0.25) is 0 Å². The summed E-state index contributed by atoms with van der Waals surface area (Å²) in [6, 6.07) is 18.8. The van der Waals surface area contributed by atoms with Crippen molar-refractivity contribution in [2.45, 2.75) is 18.9 Å². The Hall–Kier alpha value is -2.47. The first-order chi connectivity index (χ1) is 9.85. The molecule has 3 heteroatoms. The molecular formula is C17H16N2O. The molecule has 3 rings (SSSR count). The van der Waals surface area contributed by atoms with Gasteiger partial charge in [0.25, 0.3) is 0 Å². The van der Waals surface area contributed by atoms with Gasteiger partial charge < -0.3 is 10.1 Å². The van der Waals surface area contributed by atoms with Crippen molar-refractivity contribution >= 4 is 5.69 Å². The van der Waals surface area contributed by atoms with Gasteiger partial charge in [-0.1, -0.05) is 24.3 Å². The maximum atomic E-state index is 8.47. The zero-order chi connectivity index (χ0) is 13.8. The summed E-state index contributed by atoms with van der Waals surface area (Å²) < 4.78 is 5.24. The molecule has 100 valence electrons. The fraction of sp³-hybridized carbons (Fsp3) is 0.235. The number of hydrogen-bond donors (Lipinski definition) is 1. The molecule has 0 fully saturated rings. The molecule has 2 aromatic rings. The Morgan fingerprint density at radius 1 is 1.05 bits per heavy atom. The summed E-state index contributed by atoms with van der Waals surface area (Å²) >= 11 is 0. The van der Waals surface area contributed by atoms with Crippen LogP contribution in [0.3, 0.4) is 0 Å². The van der Waals surface area contributed by atoms with E-state index in [4.69, 9.17) is 10.00 Å². The molecule has 0 saturated heterocycles. The van der Waals surface area contributed by atoms with Gasteiger partial charge in [0, 0.05) is 11.7 Å². The fourth-order valence-electron chi connectivity index (χ4n) is 2.66. The highest BCUT2D eigenvalue weighted by molar-refractivity contribution is 5.49. The second-order valence-electron chi connectivity index (χ2n) is 4.99. The average molecular weight is 264 g/mol. The Morgan fingerprint density at radius 2 is 1.70 bits per heavy atom. The molecule has 3 nitrogen and oxygen atoms in total. The van der Waals surface area contributed by atoms with Crippen molar-refractivity contribution in [3.63, 3.8) is 0 Å². The monoisotopic (exact) mass is 264 g/mol. The van der Waals surface area contributed by atoms with Gasteiger partial charge in [0.05, 0.1) is 0 Å². The molecule has 0 aliphatic heterocycles. The lowest BCUT2D eigenvalue weighted by Gasteiger charge is -2.14. The summed E-state index contributed by atoms with van der Waals surface area (Å²) in [7, 11) is 0. The first-order valence-corrected chi connectivity index (χ1v) is 6.78. The maximum Gasteiger partial charge on any atom is 0.174 e. The number of anilines is 1. The second-order valence-corrected chi connectivity index (χ2v) is 4.99. The van der Waals surface area contributed by atoms with Crippen LogP contribution in [0.15, 0.2) is 48.5 Å². The minimum atomic E-state index is 0.0880. The molecule has 1 N–H and O–H groups in total. The highest BCUT2D eigenvalue weighted by Gasteiger charge is 2.20.